The number of nitro groups is 1. The molecule has 10 nitrogen and oxygen atoms in total. The van der Waals surface area contributed by atoms with Crippen LogP contribution in [0.3, 0.4) is 0 Å². The van der Waals surface area contributed by atoms with Crippen LogP contribution in [0, 0.1) is 13.7 Å². The van der Waals surface area contributed by atoms with Crippen LogP contribution in [-0.4, -0.2) is 29.9 Å². The van der Waals surface area contributed by atoms with Gasteiger partial charge in [0.15, 0.2) is 11.5 Å². The molecule has 0 radical (unpaired) electrons. The van der Waals surface area contributed by atoms with Gasteiger partial charge in [-0.2, -0.15) is 0 Å². The molecule has 0 atom stereocenters. The third-order valence-corrected chi connectivity index (χ3v) is 6.31. The second-order valence-corrected chi connectivity index (χ2v) is 9.28. The molecule has 12 heteroatoms. The summed E-state index contributed by atoms with van der Waals surface area (Å²) in [5.74, 6) is -0.927. The fourth-order valence-electron chi connectivity index (χ4n) is 3.53. The lowest BCUT2D eigenvalue weighted by Crippen LogP contribution is -2.54. The molecule has 4 rings (SSSR count). The zero-order valence-electron chi connectivity index (χ0n) is 19.1. The number of ether oxygens (including phenoxy) is 2. The number of benzene rings is 3. The van der Waals surface area contributed by atoms with Gasteiger partial charge in [-0.05, 0) is 76.2 Å². The smallest absolute Gasteiger partial charge is 0.335 e. The van der Waals surface area contributed by atoms with Crippen molar-refractivity contribution in [1.82, 2.24) is 5.32 Å². The Morgan fingerprint density at radius 3 is 2.51 bits per heavy atom. The molecule has 0 spiro atoms. The van der Waals surface area contributed by atoms with E-state index >= 15 is 0 Å². The Bertz CT molecular complexity index is 1460. The van der Waals surface area contributed by atoms with Gasteiger partial charge in [0.05, 0.1) is 21.3 Å². The van der Waals surface area contributed by atoms with Crippen molar-refractivity contribution >= 4 is 69.5 Å². The second kappa shape index (κ2) is 11.0. The first kappa shape index (κ1) is 26.1. The van der Waals surface area contributed by atoms with E-state index in [-0.39, 0.29) is 23.6 Å². The minimum atomic E-state index is -0.869. The Morgan fingerprint density at radius 2 is 1.84 bits per heavy atom. The van der Waals surface area contributed by atoms with Gasteiger partial charge in [0.1, 0.15) is 12.2 Å². The van der Waals surface area contributed by atoms with E-state index in [9.17, 15) is 24.5 Å². The van der Waals surface area contributed by atoms with Crippen LogP contribution in [0.5, 0.6) is 11.5 Å². The fraction of sp³-hybridized carbons (Fsp3) is 0.0800. The number of non-ortho nitro benzene ring substituents is 1. The summed E-state index contributed by atoms with van der Waals surface area (Å²) in [6, 6.07) is 14.5. The van der Waals surface area contributed by atoms with Crippen molar-refractivity contribution in [1.29, 1.82) is 0 Å². The highest BCUT2D eigenvalue weighted by Gasteiger charge is 2.36. The first-order valence-corrected chi connectivity index (χ1v) is 12.0. The number of hydrogen-bond acceptors (Lipinski definition) is 7. The van der Waals surface area contributed by atoms with Gasteiger partial charge >= 0.3 is 6.03 Å². The number of nitro benzene ring substituents is 1. The molecule has 1 heterocycles. The summed E-state index contributed by atoms with van der Waals surface area (Å²) in [5.41, 5.74) is 0.994. The average Bonchev–Trinajstić information content (AvgIpc) is 2.86. The standard InChI is InChI=1S/C25H17ClIN3O7/c1-36-21-12-15(11-20(27)22(21)37-13-14-3-2-4-18(9-14)30(34)35)10-19-23(31)28-25(33)29(24(19)32)17-7-5-16(26)6-8-17/h2-12H,13H2,1H3,(H,28,31,33)/b19-10+. The SMILES string of the molecule is COc1cc(/C=C2\C(=O)NC(=O)N(c3ccc(Cl)cc3)C2=O)cc(I)c1OCc1cccc([N+](=O)[O-])c1. The van der Waals surface area contributed by atoms with Gasteiger partial charge in [0.25, 0.3) is 17.5 Å². The normalized spacial score (nSPS) is 14.5. The summed E-state index contributed by atoms with van der Waals surface area (Å²) >= 11 is 7.91. The average molecular weight is 634 g/mol. The van der Waals surface area contributed by atoms with Crippen LogP contribution >= 0.6 is 34.2 Å². The van der Waals surface area contributed by atoms with Crippen LogP contribution in [-0.2, 0) is 16.2 Å². The lowest BCUT2D eigenvalue weighted by atomic mass is 10.1. The van der Waals surface area contributed by atoms with Crippen molar-refractivity contribution in [3.05, 3.63) is 96.1 Å². The molecule has 0 saturated carbocycles. The molecule has 1 aliphatic heterocycles. The summed E-state index contributed by atoms with van der Waals surface area (Å²) in [6.07, 6.45) is 1.35. The maximum atomic E-state index is 13.1. The van der Waals surface area contributed by atoms with Crippen LogP contribution < -0.4 is 19.7 Å². The van der Waals surface area contributed by atoms with Gasteiger partial charge in [-0.25, -0.2) is 9.69 Å². The van der Waals surface area contributed by atoms with Crippen LogP contribution in [0.2, 0.25) is 5.02 Å². The molecule has 1 fully saturated rings. The number of halogens is 2. The minimum Gasteiger partial charge on any atom is -0.493 e. The molecular weight excluding hydrogens is 617 g/mol. The van der Waals surface area contributed by atoms with Crippen LogP contribution in [0.1, 0.15) is 11.1 Å². The molecule has 37 heavy (non-hydrogen) atoms. The van der Waals surface area contributed by atoms with E-state index in [2.05, 4.69) is 5.32 Å². The number of barbiturate groups is 1. The molecule has 0 aliphatic carbocycles. The molecule has 0 bridgehead atoms. The van der Waals surface area contributed by atoms with Gasteiger partial charge in [-0.1, -0.05) is 23.7 Å². The highest BCUT2D eigenvalue weighted by atomic mass is 127. The molecular formula is C25H17ClIN3O7. The topological polar surface area (TPSA) is 128 Å². The van der Waals surface area contributed by atoms with Crippen molar-refractivity contribution in [2.45, 2.75) is 6.61 Å². The van der Waals surface area contributed by atoms with Crippen LogP contribution in [0.4, 0.5) is 16.2 Å². The van der Waals surface area contributed by atoms with Crippen molar-refractivity contribution < 1.29 is 28.8 Å². The highest BCUT2D eigenvalue weighted by molar-refractivity contribution is 14.1. The van der Waals surface area contributed by atoms with Crippen molar-refractivity contribution in [3.8, 4) is 11.5 Å². The lowest BCUT2D eigenvalue weighted by Gasteiger charge is -2.26. The number of rotatable bonds is 7. The zero-order valence-corrected chi connectivity index (χ0v) is 22.0. The number of nitrogens with zero attached hydrogens (tertiary/aromatic N) is 2. The molecule has 3 aromatic rings. The van der Waals surface area contributed by atoms with E-state index in [0.717, 1.165) is 4.90 Å². The van der Waals surface area contributed by atoms with E-state index in [1.165, 1.54) is 49.6 Å². The second-order valence-electron chi connectivity index (χ2n) is 7.68. The predicted octanol–water partition coefficient (Wildman–Crippen LogP) is 5.11. The fourth-order valence-corrected chi connectivity index (χ4v) is 4.43. The number of nitrogens with one attached hydrogen (secondary N) is 1. The van der Waals surface area contributed by atoms with Gasteiger partial charge in [0, 0.05) is 17.2 Å². The van der Waals surface area contributed by atoms with Crippen LogP contribution in [0.15, 0.2) is 66.2 Å². The molecule has 188 valence electrons. The van der Waals surface area contributed by atoms with Crippen molar-refractivity contribution in [2.75, 3.05) is 12.0 Å². The third-order valence-electron chi connectivity index (χ3n) is 5.25. The number of hydrogen-bond donors (Lipinski definition) is 1. The predicted molar refractivity (Wildman–Crippen MR) is 144 cm³/mol. The quantitative estimate of drug-likeness (QED) is 0.126. The van der Waals surface area contributed by atoms with Gasteiger partial charge in [-0.15, -0.1) is 0 Å². The molecule has 4 amide bonds. The summed E-state index contributed by atoms with van der Waals surface area (Å²) in [6.45, 7) is 0.0491. The number of anilines is 1. The van der Waals surface area contributed by atoms with E-state index in [1.54, 1.807) is 24.3 Å². The van der Waals surface area contributed by atoms with Crippen LogP contribution in [0.25, 0.3) is 6.08 Å². The zero-order chi connectivity index (χ0) is 26.7. The number of carbonyl (C=O) groups excluding carboxylic acids is 3. The molecule has 0 aromatic heterocycles. The first-order valence-electron chi connectivity index (χ1n) is 10.6. The minimum absolute atomic E-state index is 0.0491. The Labute approximate surface area is 229 Å². The number of carbonyl (C=O) groups is 3. The molecule has 1 N–H and O–H groups in total. The van der Waals surface area contributed by atoms with Crippen molar-refractivity contribution in [2.24, 2.45) is 0 Å². The molecule has 0 unspecified atom stereocenters. The van der Waals surface area contributed by atoms with Gasteiger partial charge in [-0.3, -0.25) is 25.0 Å². The molecule has 1 saturated heterocycles. The summed E-state index contributed by atoms with van der Waals surface area (Å²) in [4.78, 5) is 49.4. The maximum absolute atomic E-state index is 13.1. The lowest BCUT2D eigenvalue weighted by molar-refractivity contribution is -0.384. The molecule has 1 aliphatic rings. The number of urea groups is 1. The summed E-state index contributed by atoms with van der Waals surface area (Å²) < 4.78 is 11.9. The summed E-state index contributed by atoms with van der Waals surface area (Å²) in [7, 11) is 1.43. The van der Waals surface area contributed by atoms with Gasteiger partial charge < -0.3 is 9.47 Å². The Hall–Kier alpha value is -3.97. The summed E-state index contributed by atoms with van der Waals surface area (Å²) in [5, 5.41) is 13.6. The van der Waals surface area contributed by atoms with E-state index in [1.807, 2.05) is 22.6 Å². The van der Waals surface area contributed by atoms with E-state index in [0.29, 0.717) is 31.2 Å². The third kappa shape index (κ3) is 5.73. The Balaban J connectivity index is 1.62. The van der Waals surface area contributed by atoms with E-state index < -0.39 is 22.8 Å². The highest BCUT2D eigenvalue weighted by Crippen LogP contribution is 2.36. The van der Waals surface area contributed by atoms with E-state index in [4.69, 9.17) is 21.1 Å². The Kier molecular flexibility index (Phi) is 7.74. The Morgan fingerprint density at radius 1 is 1.11 bits per heavy atom. The monoisotopic (exact) mass is 633 g/mol. The van der Waals surface area contributed by atoms with Gasteiger partial charge in [0.2, 0.25) is 0 Å². The molecule has 3 aromatic carbocycles. The number of methoxy groups -OCH3 is 1. The maximum Gasteiger partial charge on any atom is 0.335 e. The largest absolute Gasteiger partial charge is 0.493 e. The number of imide groups is 2. The van der Waals surface area contributed by atoms with Crippen molar-refractivity contribution in [3.63, 3.8) is 0 Å². The number of amides is 4. The first-order chi connectivity index (χ1) is 17.7.